The lowest BCUT2D eigenvalue weighted by atomic mass is 10.1. The minimum Gasteiger partial charge on any atom is -0.484 e. The van der Waals surface area contributed by atoms with Crippen LogP contribution in [0.4, 0.5) is 0 Å². The highest BCUT2D eigenvalue weighted by molar-refractivity contribution is 5.77. The lowest BCUT2D eigenvalue weighted by Crippen LogP contribution is -2.32. The Balaban J connectivity index is 1.35. The first-order chi connectivity index (χ1) is 13.1. The Labute approximate surface area is 157 Å². The quantitative estimate of drug-likeness (QED) is 0.616. The Bertz CT molecular complexity index is 877. The molecule has 7 heteroatoms. The fourth-order valence-electron chi connectivity index (χ4n) is 2.30. The second-order valence-electron chi connectivity index (χ2n) is 5.97. The van der Waals surface area contributed by atoms with E-state index in [9.17, 15) is 4.79 Å². The van der Waals surface area contributed by atoms with Gasteiger partial charge in [-0.15, -0.1) is 10.2 Å². The molecule has 2 heterocycles. The van der Waals surface area contributed by atoms with E-state index in [4.69, 9.17) is 13.9 Å². The van der Waals surface area contributed by atoms with Gasteiger partial charge in [0.2, 0.25) is 5.88 Å². The van der Waals surface area contributed by atoms with Gasteiger partial charge in [-0.05, 0) is 55.3 Å². The zero-order valence-electron chi connectivity index (χ0n) is 15.3. The van der Waals surface area contributed by atoms with Crippen LogP contribution in [-0.4, -0.2) is 35.9 Å². The molecular weight excluding hydrogens is 346 g/mol. The standard InChI is InChI=1S/C20H21N3O4/c1-14-5-6-16(12-15(14)2)27-13-19(24)21-9-11-26-20-8-7-17(22-23-20)18-4-3-10-25-18/h3-8,10,12H,9,11,13H2,1-2H3,(H,21,24). The molecule has 0 saturated heterocycles. The van der Waals surface area contributed by atoms with E-state index in [1.807, 2.05) is 32.0 Å². The van der Waals surface area contributed by atoms with Crippen molar-refractivity contribution in [1.29, 1.82) is 0 Å². The Kier molecular flexibility index (Phi) is 6.04. The van der Waals surface area contributed by atoms with Gasteiger partial charge in [-0.25, -0.2) is 0 Å². The number of amides is 1. The highest BCUT2D eigenvalue weighted by atomic mass is 16.5. The third-order valence-corrected chi connectivity index (χ3v) is 3.94. The molecule has 0 bridgehead atoms. The molecular formula is C20H21N3O4. The molecule has 1 amide bonds. The molecule has 1 aromatic carbocycles. The largest absolute Gasteiger partial charge is 0.484 e. The number of benzene rings is 1. The Morgan fingerprint density at radius 1 is 1.07 bits per heavy atom. The number of carbonyl (C=O) groups excluding carboxylic acids is 1. The molecule has 3 aromatic rings. The van der Waals surface area contributed by atoms with Gasteiger partial charge in [0, 0.05) is 6.07 Å². The summed E-state index contributed by atoms with van der Waals surface area (Å²) in [4.78, 5) is 11.8. The molecule has 0 aliphatic rings. The number of aromatic nitrogens is 2. The van der Waals surface area contributed by atoms with Crippen LogP contribution in [0.3, 0.4) is 0 Å². The summed E-state index contributed by atoms with van der Waals surface area (Å²) in [7, 11) is 0. The first-order valence-corrected chi connectivity index (χ1v) is 8.59. The first kappa shape index (κ1) is 18.4. The summed E-state index contributed by atoms with van der Waals surface area (Å²) in [6.07, 6.45) is 1.58. The molecule has 1 N–H and O–H groups in total. The van der Waals surface area contributed by atoms with Gasteiger partial charge in [0.25, 0.3) is 5.91 Å². The summed E-state index contributed by atoms with van der Waals surface area (Å²) in [6, 6.07) is 12.8. The number of nitrogens with zero attached hydrogens (tertiary/aromatic N) is 2. The summed E-state index contributed by atoms with van der Waals surface area (Å²) in [5.74, 6) is 1.49. The maximum atomic E-state index is 11.8. The first-order valence-electron chi connectivity index (χ1n) is 8.59. The van der Waals surface area contributed by atoms with E-state index in [2.05, 4.69) is 15.5 Å². The summed E-state index contributed by atoms with van der Waals surface area (Å²) in [6.45, 7) is 4.62. The van der Waals surface area contributed by atoms with E-state index in [1.165, 1.54) is 5.56 Å². The molecule has 0 fully saturated rings. The Morgan fingerprint density at radius 2 is 1.96 bits per heavy atom. The molecule has 0 unspecified atom stereocenters. The number of ether oxygens (including phenoxy) is 2. The Hall–Kier alpha value is -3.35. The van der Waals surface area contributed by atoms with Gasteiger partial charge in [-0.3, -0.25) is 4.79 Å². The van der Waals surface area contributed by atoms with Crippen molar-refractivity contribution in [2.75, 3.05) is 19.8 Å². The van der Waals surface area contributed by atoms with Gasteiger partial charge >= 0.3 is 0 Å². The summed E-state index contributed by atoms with van der Waals surface area (Å²) in [5, 5.41) is 10.7. The molecule has 3 rings (SSSR count). The minimum absolute atomic E-state index is 0.0415. The van der Waals surface area contributed by atoms with Crippen LogP contribution < -0.4 is 14.8 Å². The van der Waals surface area contributed by atoms with Crippen molar-refractivity contribution < 1.29 is 18.7 Å². The third-order valence-electron chi connectivity index (χ3n) is 3.94. The second-order valence-corrected chi connectivity index (χ2v) is 5.97. The van der Waals surface area contributed by atoms with E-state index in [-0.39, 0.29) is 19.1 Å². The molecule has 7 nitrogen and oxygen atoms in total. The van der Waals surface area contributed by atoms with Crippen LogP contribution in [-0.2, 0) is 4.79 Å². The number of hydrogen-bond acceptors (Lipinski definition) is 6. The van der Waals surface area contributed by atoms with E-state index in [0.717, 1.165) is 5.56 Å². The number of hydrogen-bond donors (Lipinski definition) is 1. The van der Waals surface area contributed by atoms with Crippen molar-refractivity contribution in [3.63, 3.8) is 0 Å². The predicted octanol–water partition coefficient (Wildman–Crippen LogP) is 2.93. The molecule has 0 aliphatic heterocycles. The number of aryl methyl sites for hydroxylation is 2. The van der Waals surface area contributed by atoms with Crippen molar-refractivity contribution in [1.82, 2.24) is 15.5 Å². The number of carbonyl (C=O) groups is 1. The predicted molar refractivity (Wildman–Crippen MR) is 99.6 cm³/mol. The lowest BCUT2D eigenvalue weighted by molar-refractivity contribution is -0.123. The van der Waals surface area contributed by atoms with Crippen molar-refractivity contribution in [2.24, 2.45) is 0 Å². The summed E-state index contributed by atoms with van der Waals surface area (Å²) >= 11 is 0. The molecule has 0 radical (unpaired) electrons. The highest BCUT2D eigenvalue weighted by Crippen LogP contribution is 2.18. The van der Waals surface area contributed by atoms with Crippen molar-refractivity contribution in [3.05, 3.63) is 59.9 Å². The van der Waals surface area contributed by atoms with Crippen LogP contribution in [0.2, 0.25) is 0 Å². The fourth-order valence-corrected chi connectivity index (χ4v) is 2.30. The van der Waals surface area contributed by atoms with Crippen LogP contribution in [0.1, 0.15) is 11.1 Å². The molecule has 2 aromatic heterocycles. The second kappa shape index (κ2) is 8.84. The number of rotatable bonds is 8. The monoisotopic (exact) mass is 367 g/mol. The number of furan rings is 1. The SMILES string of the molecule is Cc1ccc(OCC(=O)NCCOc2ccc(-c3ccco3)nn2)cc1C. The van der Waals surface area contributed by atoms with Crippen molar-refractivity contribution in [2.45, 2.75) is 13.8 Å². The average molecular weight is 367 g/mol. The van der Waals surface area contributed by atoms with Crippen LogP contribution in [0, 0.1) is 13.8 Å². The molecule has 0 saturated carbocycles. The topological polar surface area (TPSA) is 86.5 Å². The summed E-state index contributed by atoms with van der Waals surface area (Å²) < 4.78 is 16.2. The van der Waals surface area contributed by atoms with E-state index in [0.29, 0.717) is 29.6 Å². The maximum absolute atomic E-state index is 11.8. The van der Waals surface area contributed by atoms with Crippen LogP contribution >= 0.6 is 0 Å². The third kappa shape index (κ3) is 5.31. The molecule has 0 spiro atoms. The normalized spacial score (nSPS) is 10.4. The van der Waals surface area contributed by atoms with E-state index in [1.54, 1.807) is 30.5 Å². The smallest absolute Gasteiger partial charge is 0.258 e. The fraction of sp³-hybridized carbons (Fsp3) is 0.250. The highest BCUT2D eigenvalue weighted by Gasteiger charge is 2.06. The van der Waals surface area contributed by atoms with Crippen molar-refractivity contribution >= 4 is 5.91 Å². The van der Waals surface area contributed by atoms with Gasteiger partial charge in [0.15, 0.2) is 12.4 Å². The number of nitrogens with one attached hydrogen (secondary N) is 1. The molecule has 27 heavy (non-hydrogen) atoms. The zero-order chi connectivity index (χ0) is 19.1. The van der Waals surface area contributed by atoms with Gasteiger partial charge < -0.3 is 19.2 Å². The van der Waals surface area contributed by atoms with E-state index < -0.39 is 0 Å². The van der Waals surface area contributed by atoms with Gasteiger partial charge in [0.05, 0.1) is 12.8 Å². The maximum Gasteiger partial charge on any atom is 0.258 e. The van der Waals surface area contributed by atoms with Crippen molar-refractivity contribution in [3.8, 4) is 23.1 Å². The average Bonchev–Trinajstić information content (AvgIpc) is 3.21. The van der Waals surface area contributed by atoms with E-state index >= 15 is 0 Å². The van der Waals surface area contributed by atoms with Gasteiger partial charge in [0.1, 0.15) is 18.1 Å². The van der Waals surface area contributed by atoms with Crippen LogP contribution in [0.5, 0.6) is 11.6 Å². The lowest BCUT2D eigenvalue weighted by Gasteiger charge is -2.09. The molecule has 140 valence electrons. The Morgan fingerprint density at radius 3 is 2.67 bits per heavy atom. The van der Waals surface area contributed by atoms with Gasteiger partial charge in [-0.2, -0.15) is 0 Å². The van der Waals surface area contributed by atoms with Crippen LogP contribution in [0.25, 0.3) is 11.5 Å². The van der Waals surface area contributed by atoms with Crippen LogP contribution in [0.15, 0.2) is 53.1 Å². The molecule has 0 aliphatic carbocycles. The van der Waals surface area contributed by atoms with Gasteiger partial charge in [-0.1, -0.05) is 6.07 Å². The summed E-state index contributed by atoms with van der Waals surface area (Å²) in [5.41, 5.74) is 2.94. The molecule has 0 atom stereocenters. The zero-order valence-corrected chi connectivity index (χ0v) is 15.3. The minimum atomic E-state index is -0.212.